The normalized spacial score (nSPS) is 22.6. The highest BCUT2D eigenvalue weighted by atomic mass is 19.4. The quantitative estimate of drug-likeness (QED) is 0.811. The highest BCUT2D eigenvalue weighted by Crippen LogP contribution is 2.36. The van der Waals surface area contributed by atoms with Crippen LogP contribution in [0.25, 0.3) is 0 Å². The van der Waals surface area contributed by atoms with Crippen LogP contribution in [0.5, 0.6) is 0 Å². The minimum atomic E-state index is -4.81. The molecule has 1 heterocycles. The molecule has 0 saturated carbocycles. The second-order valence-electron chi connectivity index (χ2n) is 5.74. The zero-order chi connectivity index (χ0) is 17.3. The maximum absolute atomic E-state index is 12.8. The molecule has 0 radical (unpaired) electrons. The third-order valence-corrected chi connectivity index (χ3v) is 3.96. The van der Waals surface area contributed by atoms with Gasteiger partial charge in [0.2, 0.25) is 0 Å². The lowest BCUT2D eigenvalue weighted by Crippen LogP contribution is -2.30. The van der Waals surface area contributed by atoms with E-state index in [2.05, 4.69) is 10.6 Å². The molecule has 8 heteroatoms. The van der Waals surface area contributed by atoms with Gasteiger partial charge in [0, 0.05) is 25.2 Å². The Kier molecular flexibility index (Phi) is 5.25. The number of halogens is 6. The first-order valence-electron chi connectivity index (χ1n) is 7.34. The lowest BCUT2D eigenvalue weighted by Gasteiger charge is -2.16. The molecule has 1 aromatic rings. The lowest BCUT2D eigenvalue weighted by atomic mass is 10.0. The van der Waals surface area contributed by atoms with E-state index < -0.39 is 23.5 Å². The van der Waals surface area contributed by atoms with Gasteiger partial charge < -0.3 is 10.6 Å². The molecule has 2 nitrogen and oxygen atoms in total. The molecule has 0 aliphatic carbocycles. The molecule has 2 atom stereocenters. The van der Waals surface area contributed by atoms with Crippen molar-refractivity contribution >= 4 is 0 Å². The number of rotatable bonds is 4. The molecule has 1 fully saturated rings. The van der Waals surface area contributed by atoms with Gasteiger partial charge in [-0.05, 0) is 36.6 Å². The van der Waals surface area contributed by atoms with Gasteiger partial charge in [0.15, 0.2) is 0 Å². The standard InChI is InChI=1S/C15H18F6N2/c1-2-12-6-13(8-23-12)22-7-9-3-10(14(16,17)18)5-11(4-9)15(19,20)21/h3-5,12-13,22-23H,2,6-8H2,1H3/t12-,13+/m1/s1. The number of benzene rings is 1. The molecule has 1 aromatic carbocycles. The zero-order valence-electron chi connectivity index (χ0n) is 12.5. The Morgan fingerprint density at radius 1 is 1.04 bits per heavy atom. The average molecular weight is 340 g/mol. The molecule has 1 saturated heterocycles. The minimum absolute atomic E-state index is 0.0212. The van der Waals surface area contributed by atoms with Gasteiger partial charge in [-0.15, -0.1) is 0 Å². The summed E-state index contributed by atoms with van der Waals surface area (Å²) in [5.74, 6) is 0. The van der Waals surface area contributed by atoms with E-state index in [0.717, 1.165) is 25.0 Å². The highest BCUT2D eigenvalue weighted by Gasteiger charge is 2.36. The summed E-state index contributed by atoms with van der Waals surface area (Å²) in [6, 6.07) is 2.06. The van der Waals surface area contributed by atoms with Gasteiger partial charge in [0.25, 0.3) is 0 Å². The maximum Gasteiger partial charge on any atom is 0.416 e. The summed E-state index contributed by atoms with van der Waals surface area (Å²) >= 11 is 0. The van der Waals surface area contributed by atoms with Crippen LogP contribution in [0.1, 0.15) is 36.5 Å². The van der Waals surface area contributed by atoms with Crippen molar-refractivity contribution in [3.8, 4) is 0 Å². The van der Waals surface area contributed by atoms with E-state index in [1.54, 1.807) is 0 Å². The van der Waals surface area contributed by atoms with Gasteiger partial charge in [-0.3, -0.25) is 0 Å². The summed E-state index contributed by atoms with van der Waals surface area (Å²) in [6.45, 7) is 2.64. The van der Waals surface area contributed by atoms with Gasteiger partial charge in [-0.1, -0.05) is 6.92 Å². The fraction of sp³-hybridized carbons (Fsp3) is 0.600. The monoisotopic (exact) mass is 340 g/mol. The lowest BCUT2D eigenvalue weighted by molar-refractivity contribution is -0.143. The smallest absolute Gasteiger partial charge is 0.312 e. The van der Waals surface area contributed by atoms with Crippen molar-refractivity contribution in [1.82, 2.24) is 10.6 Å². The van der Waals surface area contributed by atoms with E-state index in [1.807, 2.05) is 6.92 Å². The van der Waals surface area contributed by atoms with E-state index in [0.29, 0.717) is 12.6 Å². The summed E-state index contributed by atoms with van der Waals surface area (Å²) in [5, 5.41) is 6.26. The van der Waals surface area contributed by atoms with Crippen LogP contribution in [-0.4, -0.2) is 18.6 Å². The topological polar surface area (TPSA) is 24.1 Å². The van der Waals surface area contributed by atoms with E-state index >= 15 is 0 Å². The first-order chi connectivity index (χ1) is 10.6. The molecule has 0 spiro atoms. The molecule has 2 rings (SSSR count). The maximum atomic E-state index is 12.8. The van der Waals surface area contributed by atoms with Gasteiger partial charge in [0.1, 0.15) is 0 Å². The predicted octanol–water partition coefficient (Wildman–Crippen LogP) is 3.95. The first-order valence-corrected chi connectivity index (χ1v) is 7.34. The number of hydrogen-bond acceptors (Lipinski definition) is 2. The van der Waals surface area contributed by atoms with E-state index in [-0.39, 0.29) is 24.2 Å². The highest BCUT2D eigenvalue weighted by molar-refractivity contribution is 5.33. The van der Waals surface area contributed by atoms with Crippen molar-refractivity contribution in [2.75, 3.05) is 6.54 Å². The Hall–Kier alpha value is -1.28. The third-order valence-electron chi connectivity index (χ3n) is 3.96. The second-order valence-corrected chi connectivity index (χ2v) is 5.74. The fourth-order valence-electron chi connectivity index (χ4n) is 2.67. The molecular formula is C15H18F6N2. The third kappa shape index (κ3) is 4.84. The Bertz CT molecular complexity index is 505. The molecular weight excluding hydrogens is 322 g/mol. The second kappa shape index (κ2) is 6.68. The molecule has 1 aliphatic heterocycles. The summed E-state index contributed by atoms with van der Waals surface area (Å²) in [4.78, 5) is 0. The minimum Gasteiger partial charge on any atom is -0.312 e. The number of alkyl halides is 6. The summed E-state index contributed by atoms with van der Waals surface area (Å²) in [5.41, 5.74) is -2.58. The van der Waals surface area contributed by atoms with Crippen LogP contribution in [-0.2, 0) is 18.9 Å². The van der Waals surface area contributed by atoms with Crippen LogP contribution in [0, 0.1) is 0 Å². The molecule has 0 amide bonds. The van der Waals surface area contributed by atoms with Crippen LogP contribution in [0.15, 0.2) is 18.2 Å². The van der Waals surface area contributed by atoms with E-state index in [1.165, 1.54) is 0 Å². The van der Waals surface area contributed by atoms with Gasteiger partial charge in [-0.25, -0.2) is 0 Å². The Morgan fingerprint density at radius 2 is 1.61 bits per heavy atom. The van der Waals surface area contributed by atoms with Crippen LogP contribution < -0.4 is 10.6 Å². The van der Waals surface area contributed by atoms with Crippen molar-refractivity contribution in [3.05, 3.63) is 34.9 Å². The van der Waals surface area contributed by atoms with Crippen molar-refractivity contribution in [3.63, 3.8) is 0 Å². The van der Waals surface area contributed by atoms with Crippen molar-refractivity contribution in [2.24, 2.45) is 0 Å². The summed E-state index contributed by atoms with van der Waals surface area (Å²) < 4.78 is 76.7. The van der Waals surface area contributed by atoms with Crippen molar-refractivity contribution in [2.45, 2.75) is 50.7 Å². The van der Waals surface area contributed by atoms with E-state index in [4.69, 9.17) is 0 Å². The SMILES string of the molecule is CC[C@@H]1C[C@H](NCc2cc(C(F)(F)F)cc(C(F)(F)F)c2)CN1. The van der Waals surface area contributed by atoms with E-state index in [9.17, 15) is 26.3 Å². The Balaban J connectivity index is 2.14. The summed E-state index contributed by atoms with van der Waals surface area (Å²) in [6.07, 6.45) is -7.88. The zero-order valence-corrected chi connectivity index (χ0v) is 12.5. The van der Waals surface area contributed by atoms with Crippen LogP contribution in [0.2, 0.25) is 0 Å². The molecule has 0 bridgehead atoms. The van der Waals surface area contributed by atoms with Crippen molar-refractivity contribution < 1.29 is 26.3 Å². The number of hydrogen-bond donors (Lipinski definition) is 2. The largest absolute Gasteiger partial charge is 0.416 e. The van der Waals surface area contributed by atoms with Crippen LogP contribution in [0.4, 0.5) is 26.3 Å². The Morgan fingerprint density at radius 3 is 2.04 bits per heavy atom. The van der Waals surface area contributed by atoms with Gasteiger partial charge in [0.05, 0.1) is 11.1 Å². The molecule has 0 unspecified atom stereocenters. The average Bonchev–Trinajstić information content (AvgIpc) is 2.91. The predicted molar refractivity (Wildman–Crippen MR) is 73.8 cm³/mol. The van der Waals surface area contributed by atoms with Crippen molar-refractivity contribution in [1.29, 1.82) is 0 Å². The first kappa shape index (κ1) is 18.1. The molecule has 23 heavy (non-hydrogen) atoms. The molecule has 1 aliphatic rings. The fourth-order valence-corrected chi connectivity index (χ4v) is 2.67. The Labute approximate surface area is 130 Å². The van der Waals surface area contributed by atoms with Gasteiger partial charge in [-0.2, -0.15) is 26.3 Å². The summed E-state index contributed by atoms with van der Waals surface area (Å²) in [7, 11) is 0. The molecule has 130 valence electrons. The molecule has 2 N–H and O–H groups in total. The van der Waals surface area contributed by atoms with Crippen LogP contribution in [0.3, 0.4) is 0 Å². The van der Waals surface area contributed by atoms with Gasteiger partial charge >= 0.3 is 12.4 Å². The molecule has 0 aromatic heterocycles. The number of nitrogens with one attached hydrogen (secondary N) is 2. The van der Waals surface area contributed by atoms with Crippen LogP contribution >= 0.6 is 0 Å².